The summed E-state index contributed by atoms with van der Waals surface area (Å²) in [6.07, 6.45) is 1.84. The molecule has 58 valence electrons. The highest BCUT2D eigenvalue weighted by molar-refractivity contribution is 6.56. The lowest BCUT2D eigenvalue weighted by molar-refractivity contribution is 0.855. The summed E-state index contributed by atoms with van der Waals surface area (Å²) in [6, 6.07) is 9.78. The maximum Gasteiger partial charge on any atom is 0.252 e. The molecule has 0 N–H and O–H groups in total. The van der Waals surface area contributed by atoms with Crippen LogP contribution in [0.3, 0.4) is 0 Å². The predicted octanol–water partition coefficient (Wildman–Crippen LogP) is 2.56. The Hall–Kier alpha value is -0.893. The van der Waals surface area contributed by atoms with E-state index in [4.69, 9.17) is 0 Å². The number of hydrogen-bond acceptors (Lipinski definition) is 0. The van der Waals surface area contributed by atoms with Crippen LogP contribution in [-0.4, -0.2) is 9.13 Å². The van der Waals surface area contributed by atoms with Crippen LogP contribution in [0.2, 0.25) is 6.55 Å². The summed E-state index contributed by atoms with van der Waals surface area (Å²) in [5, 5.41) is 0. The molecule has 1 aromatic rings. The molecule has 0 saturated carbocycles. The van der Waals surface area contributed by atoms with Crippen LogP contribution in [-0.2, 0) is 0 Å². The van der Waals surface area contributed by atoms with Crippen molar-refractivity contribution in [3.05, 3.63) is 41.6 Å². The Kier molecular flexibility index (Phi) is 3.05. The molecule has 2 heteroatoms. The quantitative estimate of drug-likeness (QED) is 0.468. The molecule has 0 heterocycles. The van der Waals surface area contributed by atoms with E-state index in [0.29, 0.717) is 0 Å². The molecule has 0 aliphatic rings. The third-order valence-electron chi connectivity index (χ3n) is 1.35. The number of halogens is 1. The van der Waals surface area contributed by atoms with Gasteiger partial charge in [0.15, 0.2) is 0 Å². The molecule has 0 saturated heterocycles. The summed E-state index contributed by atoms with van der Waals surface area (Å²) < 4.78 is 12.4. The van der Waals surface area contributed by atoms with Gasteiger partial charge >= 0.3 is 0 Å². The van der Waals surface area contributed by atoms with Crippen LogP contribution >= 0.6 is 0 Å². The fourth-order valence-electron chi connectivity index (χ4n) is 0.808. The van der Waals surface area contributed by atoms with Crippen LogP contribution in [0.25, 0.3) is 6.08 Å². The number of rotatable bonds is 2. The van der Waals surface area contributed by atoms with Gasteiger partial charge in [0.1, 0.15) is 0 Å². The molecule has 0 amide bonds. The van der Waals surface area contributed by atoms with Crippen molar-refractivity contribution in [2.75, 3.05) is 0 Å². The van der Waals surface area contributed by atoms with Gasteiger partial charge < -0.3 is 4.11 Å². The largest absolute Gasteiger partial charge is 0.313 e. The SMILES string of the molecule is C[SiH](F)C=Cc1ccccc1. The van der Waals surface area contributed by atoms with Gasteiger partial charge in [-0.15, -0.1) is 0 Å². The minimum atomic E-state index is -2.02. The highest BCUT2D eigenvalue weighted by Gasteiger charge is 1.91. The molecule has 0 radical (unpaired) electrons. The fraction of sp³-hybridized carbons (Fsp3) is 0.111. The Balaban J connectivity index is 2.65. The summed E-state index contributed by atoms with van der Waals surface area (Å²) >= 11 is 0. The van der Waals surface area contributed by atoms with Crippen molar-refractivity contribution in [1.29, 1.82) is 0 Å². The van der Waals surface area contributed by atoms with Crippen LogP contribution in [0.1, 0.15) is 5.56 Å². The van der Waals surface area contributed by atoms with Gasteiger partial charge in [-0.2, -0.15) is 0 Å². The lowest BCUT2D eigenvalue weighted by Gasteiger charge is -1.90. The first kappa shape index (κ1) is 8.21. The first-order valence-corrected chi connectivity index (χ1v) is 5.92. The molecular weight excluding hydrogens is 155 g/mol. The molecule has 1 atom stereocenters. The third-order valence-corrected chi connectivity index (χ3v) is 2.08. The van der Waals surface area contributed by atoms with Gasteiger partial charge in [-0.3, -0.25) is 0 Å². The lowest BCUT2D eigenvalue weighted by atomic mass is 10.2. The third kappa shape index (κ3) is 3.14. The Bertz CT molecular complexity index is 229. The summed E-state index contributed by atoms with van der Waals surface area (Å²) in [5.41, 5.74) is 2.75. The molecule has 1 unspecified atom stereocenters. The van der Waals surface area contributed by atoms with Gasteiger partial charge in [-0.25, -0.2) is 0 Å². The van der Waals surface area contributed by atoms with Crippen LogP contribution in [0.4, 0.5) is 4.11 Å². The Morgan fingerprint density at radius 2 is 1.91 bits per heavy atom. The summed E-state index contributed by atoms with van der Waals surface area (Å²) in [4.78, 5) is 0. The highest BCUT2D eigenvalue weighted by atomic mass is 28.3. The van der Waals surface area contributed by atoms with Crippen molar-refractivity contribution >= 4 is 15.2 Å². The molecule has 1 rings (SSSR count). The zero-order valence-electron chi connectivity index (χ0n) is 6.50. The molecule has 11 heavy (non-hydrogen) atoms. The van der Waals surface area contributed by atoms with Gasteiger partial charge in [0.05, 0.1) is 0 Å². The number of hydrogen-bond donors (Lipinski definition) is 0. The van der Waals surface area contributed by atoms with Gasteiger partial charge in [0.2, 0.25) is 0 Å². The minimum absolute atomic E-state index is 1.07. The van der Waals surface area contributed by atoms with Crippen LogP contribution < -0.4 is 0 Å². The van der Waals surface area contributed by atoms with Gasteiger partial charge in [0.25, 0.3) is 9.13 Å². The average molecular weight is 166 g/mol. The van der Waals surface area contributed by atoms with E-state index in [9.17, 15) is 4.11 Å². The van der Waals surface area contributed by atoms with E-state index in [1.54, 1.807) is 12.2 Å². The number of benzene rings is 1. The van der Waals surface area contributed by atoms with E-state index >= 15 is 0 Å². The van der Waals surface area contributed by atoms with Crippen LogP contribution in [0, 0.1) is 0 Å². The fourth-order valence-corrected chi connectivity index (χ4v) is 1.30. The van der Waals surface area contributed by atoms with E-state index in [0.717, 1.165) is 5.56 Å². The van der Waals surface area contributed by atoms with Gasteiger partial charge in [0, 0.05) is 0 Å². The first-order valence-electron chi connectivity index (χ1n) is 3.66. The molecule has 0 fully saturated rings. The molecular formula is C9H11FSi. The second-order valence-electron chi connectivity index (χ2n) is 2.45. The van der Waals surface area contributed by atoms with E-state index in [1.165, 1.54) is 0 Å². The Morgan fingerprint density at radius 1 is 1.27 bits per heavy atom. The molecule has 0 aliphatic carbocycles. The standard InChI is InChI=1S/C9H11FSi/c1-11(10)8-7-9-5-3-2-4-6-9/h2-8,11H,1H3. The van der Waals surface area contributed by atoms with Gasteiger partial charge in [-0.05, 0) is 12.1 Å². The van der Waals surface area contributed by atoms with Crippen LogP contribution in [0.15, 0.2) is 36.0 Å². The monoisotopic (exact) mass is 166 g/mol. The first-order chi connectivity index (χ1) is 5.29. The van der Waals surface area contributed by atoms with Crippen molar-refractivity contribution in [1.82, 2.24) is 0 Å². The van der Waals surface area contributed by atoms with Crippen molar-refractivity contribution in [3.63, 3.8) is 0 Å². The normalized spacial score (nSPS) is 13.6. The molecule has 0 aliphatic heterocycles. The molecule has 0 spiro atoms. The maximum atomic E-state index is 12.4. The summed E-state index contributed by atoms with van der Waals surface area (Å²) in [7, 11) is -2.02. The molecule has 0 aromatic heterocycles. The zero-order chi connectivity index (χ0) is 8.10. The molecule has 0 bridgehead atoms. The second kappa shape index (κ2) is 4.08. The van der Waals surface area contributed by atoms with E-state index in [2.05, 4.69) is 0 Å². The average Bonchev–Trinajstić information content (AvgIpc) is 2.03. The van der Waals surface area contributed by atoms with Crippen molar-refractivity contribution < 1.29 is 4.11 Å². The minimum Gasteiger partial charge on any atom is -0.313 e. The van der Waals surface area contributed by atoms with Crippen LogP contribution in [0.5, 0.6) is 0 Å². The lowest BCUT2D eigenvalue weighted by Crippen LogP contribution is -1.89. The predicted molar refractivity (Wildman–Crippen MR) is 49.6 cm³/mol. The maximum absolute atomic E-state index is 12.4. The van der Waals surface area contributed by atoms with Gasteiger partial charge in [-0.1, -0.05) is 42.1 Å². The summed E-state index contributed by atoms with van der Waals surface area (Å²) in [5.74, 6) is 0. The smallest absolute Gasteiger partial charge is 0.252 e. The van der Waals surface area contributed by atoms with E-state index in [1.807, 2.05) is 36.4 Å². The van der Waals surface area contributed by atoms with E-state index in [-0.39, 0.29) is 0 Å². The van der Waals surface area contributed by atoms with Crippen molar-refractivity contribution in [2.24, 2.45) is 0 Å². The topological polar surface area (TPSA) is 0 Å². The Labute approximate surface area is 68.2 Å². The highest BCUT2D eigenvalue weighted by Crippen LogP contribution is 2.01. The second-order valence-corrected chi connectivity index (χ2v) is 4.19. The van der Waals surface area contributed by atoms with E-state index < -0.39 is 9.13 Å². The van der Waals surface area contributed by atoms with Crippen molar-refractivity contribution in [2.45, 2.75) is 6.55 Å². The summed E-state index contributed by atoms with van der Waals surface area (Å²) in [6.45, 7) is 1.65. The molecule has 1 aromatic carbocycles. The Morgan fingerprint density at radius 3 is 2.45 bits per heavy atom. The molecule has 0 nitrogen and oxygen atoms in total. The van der Waals surface area contributed by atoms with Crippen molar-refractivity contribution in [3.8, 4) is 0 Å². The zero-order valence-corrected chi connectivity index (χ0v) is 7.65.